The Balaban J connectivity index is 0.00000272. The molecule has 1 fully saturated rings. The molecule has 4 rings (SSSR count). The number of halogens is 1. The van der Waals surface area contributed by atoms with Gasteiger partial charge in [-0.3, -0.25) is 4.79 Å². The number of aromatic nitrogens is 2. The number of piperazine rings is 1. The van der Waals surface area contributed by atoms with Gasteiger partial charge < -0.3 is 25.5 Å². The summed E-state index contributed by atoms with van der Waals surface area (Å²) in [6, 6.07) is 9.08. The second-order valence-electron chi connectivity index (χ2n) is 7.76. The average Bonchev–Trinajstić information content (AvgIpc) is 2.73. The van der Waals surface area contributed by atoms with Gasteiger partial charge >= 0.3 is 6.09 Å². The summed E-state index contributed by atoms with van der Waals surface area (Å²) in [6.45, 7) is 7.10. The maximum atomic E-state index is 12.2. The molecule has 0 unspecified atom stereocenters. The first-order valence-electron chi connectivity index (χ1n) is 10.2. The Morgan fingerprint density at radius 2 is 1.90 bits per heavy atom. The van der Waals surface area contributed by atoms with E-state index < -0.39 is 12.1 Å². The Labute approximate surface area is 187 Å². The fourth-order valence-electron chi connectivity index (χ4n) is 4.33. The average molecular weight is 447 g/mol. The molecule has 0 radical (unpaired) electrons. The number of rotatable bonds is 3. The molecule has 0 aliphatic carbocycles. The second kappa shape index (κ2) is 9.49. The third kappa shape index (κ3) is 4.72. The van der Waals surface area contributed by atoms with Crippen molar-refractivity contribution in [1.29, 1.82) is 0 Å². The molecule has 9 nitrogen and oxygen atoms in total. The Hall–Kier alpha value is -2.91. The van der Waals surface area contributed by atoms with Crippen LogP contribution in [0.5, 0.6) is 0 Å². The SMILES string of the molecule is CC(=O)N1c2ccc(-c3ccc(N4CCNCC4)nn3)cc2[C@@H](NC(=O)O)C[C@H]1C.Cl. The highest BCUT2D eigenvalue weighted by molar-refractivity contribution is 5.94. The number of hydrogen-bond acceptors (Lipinski definition) is 6. The predicted octanol–water partition coefficient (Wildman–Crippen LogP) is 2.43. The van der Waals surface area contributed by atoms with Crippen LogP contribution in [-0.2, 0) is 4.79 Å². The number of carbonyl (C=O) groups excluding carboxylic acids is 1. The van der Waals surface area contributed by atoms with E-state index in [0.29, 0.717) is 12.1 Å². The molecular weight excluding hydrogens is 420 g/mol. The zero-order valence-corrected chi connectivity index (χ0v) is 18.4. The molecule has 1 aromatic carbocycles. The van der Waals surface area contributed by atoms with Crippen LogP contribution in [0.3, 0.4) is 0 Å². The molecule has 2 amide bonds. The third-order valence-corrected chi connectivity index (χ3v) is 5.70. The fourth-order valence-corrected chi connectivity index (χ4v) is 4.33. The van der Waals surface area contributed by atoms with Crippen molar-refractivity contribution in [3.8, 4) is 11.3 Å². The molecule has 3 N–H and O–H groups in total. The van der Waals surface area contributed by atoms with Gasteiger partial charge in [-0.2, -0.15) is 0 Å². The van der Waals surface area contributed by atoms with Gasteiger partial charge in [-0.25, -0.2) is 4.79 Å². The maximum absolute atomic E-state index is 12.2. The summed E-state index contributed by atoms with van der Waals surface area (Å²) >= 11 is 0. The first-order chi connectivity index (χ1) is 14.4. The van der Waals surface area contributed by atoms with Gasteiger partial charge in [-0.05, 0) is 43.2 Å². The smallest absolute Gasteiger partial charge is 0.405 e. The normalized spacial score (nSPS) is 20.5. The van der Waals surface area contributed by atoms with Crippen LogP contribution in [0.2, 0.25) is 0 Å². The summed E-state index contributed by atoms with van der Waals surface area (Å²) in [6.07, 6.45) is -0.573. The summed E-state index contributed by atoms with van der Waals surface area (Å²) in [5.41, 5.74) is 3.05. The van der Waals surface area contributed by atoms with Crippen molar-refractivity contribution >= 4 is 35.9 Å². The Morgan fingerprint density at radius 3 is 2.52 bits per heavy atom. The van der Waals surface area contributed by atoms with Crippen LogP contribution >= 0.6 is 12.4 Å². The van der Waals surface area contributed by atoms with Crippen LogP contribution in [-0.4, -0.2) is 59.5 Å². The minimum absolute atomic E-state index is 0. The molecule has 1 saturated heterocycles. The molecule has 10 heteroatoms. The molecule has 3 heterocycles. The highest BCUT2D eigenvalue weighted by Gasteiger charge is 2.33. The zero-order valence-electron chi connectivity index (χ0n) is 17.5. The number of nitrogens with zero attached hydrogens (tertiary/aromatic N) is 4. The van der Waals surface area contributed by atoms with Gasteiger partial charge in [-0.1, -0.05) is 6.07 Å². The highest BCUT2D eigenvalue weighted by atomic mass is 35.5. The topological polar surface area (TPSA) is 111 Å². The second-order valence-corrected chi connectivity index (χ2v) is 7.76. The molecule has 2 atom stereocenters. The van der Waals surface area contributed by atoms with Crippen LogP contribution in [0.25, 0.3) is 11.3 Å². The van der Waals surface area contributed by atoms with E-state index in [1.807, 2.05) is 37.3 Å². The van der Waals surface area contributed by atoms with Crippen LogP contribution < -0.4 is 20.4 Å². The van der Waals surface area contributed by atoms with E-state index in [1.165, 1.54) is 6.92 Å². The Bertz CT molecular complexity index is 949. The molecule has 31 heavy (non-hydrogen) atoms. The van der Waals surface area contributed by atoms with Crippen LogP contribution in [0.4, 0.5) is 16.3 Å². The number of carbonyl (C=O) groups is 2. The lowest BCUT2D eigenvalue weighted by Crippen LogP contribution is -2.45. The summed E-state index contributed by atoms with van der Waals surface area (Å²) in [5.74, 6) is 0.783. The molecule has 1 aromatic heterocycles. The van der Waals surface area contributed by atoms with Gasteiger partial charge in [0.05, 0.1) is 11.7 Å². The van der Waals surface area contributed by atoms with E-state index in [4.69, 9.17) is 0 Å². The van der Waals surface area contributed by atoms with E-state index in [0.717, 1.165) is 48.8 Å². The largest absolute Gasteiger partial charge is 0.465 e. The molecule has 2 aliphatic rings. The van der Waals surface area contributed by atoms with Gasteiger partial charge in [-0.15, -0.1) is 22.6 Å². The summed E-state index contributed by atoms with van der Waals surface area (Å²) in [5, 5.41) is 24.0. The quantitative estimate of drug-likeness (QED) is 0.664. The first kappa shape index (κ1) is 22.8. The predicted molar refractivity (Wildman–Crippen MR) is 121 cm³/mol. The number of hydrogen-bond donors (Lipinski definition) is 3. The number of carboxylic acid groups (broad SMARTS) is 1. The van der Waals surface area contributed by atoms with Gasteiger partial charge in [0.25, 0.3) is 0 Å². The van der Waals surface area contributed by atoms with Crippen molar-refractivity contribution in [3.63, 3.8) is 0 Å². The van der Waals surface area contributed by atoms with Gasteiger partial charge in [0.15, 0.2) is 5.82 Å². The van der Waals surface area contributed by atoms with E-state index in [1.54, 1.807) is 4.90 Å². The minimum Gasteiger partial charge on any atom is -0.465 e. The molecule has 166 valence electrons. The van der Waals surface area contributed by atoms with E-state index in [-0.39, 0.29) is 24.4 Å². The molecule has 0 spiro atoms. The van der Waals surface area contributed by atoms with Crippen LogP contribution in [0.1, 0.15) is 31.9 Å². The molecule has 0 saturated carbocycles. The number of anilines is 2. The zero-order chi connectivity index (χ0) is 21.3. The lowest BCUT2D eigenvalue weighted by atomic mass is 9.90. The lowest BCUT2D eigenvalue weighted by Gasteiger charge is -2.39. The highest BCUT2D eigenvalue weighted by Crippen LogP contribution is 2.39. The minimum atomic E-state index is -1.08. The standard InChI is InChI=1S/C21H26N6O3.ClH/c1-13-11-18(23-21(29)30)16-12-15(3-5-19(16)27(13)14(2)28)17-4-6-20(25-24-17)26-9-7-22-8-10-26;/h3-6,12-13,18,22-23H,7-11H2,1-2H3,(H,29,30);1H/t13-,18+;/m1./s1. The Morgan fingerprint density at radius 1 is 1.16 bits per heavy atom. The molecule has 2 aliphatic heterocycles. The van der Waals surface area contributed by atoms with Crippen molar-refractivity contribution in [2.75, 3.05) is 36.0 Å². The molecule has 0 bridgehead atoms. The molecular formula is C21H27ClN6O3. The van der Waals surface area contributed by atoms with Gasteiger partial charge in [0, 0.05) is 50.4 Å². The number of benzene rings is 1. The fraction of sp³-hybridized carbons (Fsp3) is 0.429. The number of amides is 2. The maximum Gasteiger partial charge on any atom is 0.405 e. The monoisotopic (exact) mass is 446 g/mol. The Kier molecular flexibility index (Phi) is 6.97. The van der Waals surface area contributed by atoms with Crippen molar-refractivity contribution in [2.24, 2.45) is 0 Å². The summed E-state index contributed by atoms with van der Waals surface area (Å²) in [7, 11) is 0. The van der Waals surface area contributed by atoms with Crippen molar-refractivity contribution in [3.05, 3.63) is 35.9 Å². The van der Waals surface area contributed by atoms with E-state index in [2.05, 4.69) is 25.7 Å². The van der Waals surface area contributed by atoms with E-state index in [9.17, 15) is 14.7 Å². The van der Waals surface area contributed by atoms with Crippen molar-refractivity contribution in [1.82, 2.24) is 20.8 Å². The summed E-state index contributed by atoms with van der Waals surface area (Å²) < 4.78 is 0. The van der Waals surface area contributed by atoms with Crippen molar-refractivity contribution in [2.45, 2.75) is 32.4 Å². The van der Waals surface area contributed by atoms with Crippen LogP contribution in [0.15, 0.2) is 30.3 Å². The first-order valence-corrected chi connectivity index (χ1v) is 10.2. The van der Waals surface area contributed by atoms with Crippen LogP contribution in [0, 0.1) is 0 Å². The van der Waals surface area contributed by atoms with Gasteiger partial charge in [0.2, 0.25) is 5.91 Å². The van der Waals surface area contributed by atoms with Gasteiger partial charge in [0.1, 0.15) is 0 Å². The van der Waals surface area contributed by atoms with Crippen molar-refractivity contribution < 1.29 is 14.7 Å². The van der Waals surface area contributed by atoms with E-state index >= 15 is 0 Å². The molecule has 2 aromatic rings. The summed E-state index contributed by atoms with van der Waals surface area (Å²) in [4.78, 5) is 27.4. The third-order valence-electron chi connectivity index (χ3n) is 5.70. The number of fused-ring (bicyclic) bond motifs is 1. The lowest BCUT2D eigenvalue weighted by molar-refractivity contribution is -0.117. The number of nitrogens with one attached hydrogen (secondary N) is 2.